The molecule has 0 radical (unpaired) electrons. The fraction of sp³-hybridized carbons (Fsp3) is 0.143. The van der Waals surface area contributed by atoms with Gasteiger partial charge in [-0.25, -0.2) is 4.57 Å². The Morgan fingerprint density at radius 1 is 0.839 bits per heavy atom. The number of aromatic nitrogens is 1. The van der Waals surface area contributed by atoms with Crippen LogP contribution >= 0.6 is 0 Å². The Balaban J connectivity index is 2.02. The van der Waals surface area contributed by atoms with E-state index in [2.05, 4.69) is 61.7 Å². The van der Waals surface area contributed by atoms with E-state index in [4.69, 9.17) is 4.42 Å². The van der Waals surface area contributed by atoms with Crippen LogP contribution in [0, 0.1) is 32.1 Å². The van der Waals surface area contributed by atoms with E-state index in [1.807, 2.05) is 43.6 Å². The second-order valence-electron chi connectivity index (χ2n) is 8.23. The molecule has 0 fully saturated rings. The van der Waals surface area contributed by atoms with E-state index in [1.54, 1.807) is 0 Å². The summed E-state index contributed by atoms with van der Waals surface area (Å²) in [5.41, 5.74) is 10.2. The van der Waals surface area contributed by atoms with Crippen LogP contribution in [0.5, 0.6) is 0 Å². The Morgan fingerprint density at radius 2 is 1.68 bits per heavy atom. The molecule has 0 spiro atoms. The third kappa shape index (κ3) is 2.92. The van der Waals surface area contributed by atoms with Crippen LogP contribution in [0.25, 0.3) is 44.3 Å². The Hall–Kier alpha value is -3.90. The minimum Gasteiger partial charge on any atom is -0.455 e. The summed E-state index contributed by atoms with van der Waals surface area (Å²) in [7, 11) is 2.04. The molecule has 2 aromatic heterocycles. The number of furan rings is 1. The number of hydrogen-bond donors (Lipinski definition) is 0. The molecule has 0 N–H and O–H groups in total. The van der Waals surface area contributed by atoms with Crippen molar-refractivity contribution in [2.75, 3.05) is 0 Å². The molecule has 3 aromatic carbocycles. The van der Waals surface area contributed by atoms with E-state index in [9.17, 15) is 5.26 Å². The highest BCUT2D eigenvalue weighted by Crippen LogP contribution is 2.44. The van der Waals surface area contributed by atoms with Gasteiger partial charge in [0, 0.05) is 22.9 Å². The smallest absolute Gasteiger partial charge is 0.216 e. The van der Waals surface area contributed by atoms with E-state index in [-0.39, 0.29) is 0 Å². The van der Waals surface area contributed by atoms with Crippen LogP contribution in [0.4, 0.5) is 0 Å². The molecule has 0 saturated carbocycles. The normalized spacial score (nSPS) is 11.2. The van der Waals surface area contributed by atoms with E-state index in [1.165, 1.54) is 11.1 Å². The zero-order chi connectivity index (χ0) is 21.7. The van der Waals surface area contributed by atoms with Gasteiger partial charge >= 0.3 is 0 Å². The summed E-state index contributed by atoms with van der Waals surface area (Å²) in [5.74, 6) is 0. The molecule has 2 heterocycles. The summed E-state index contributed by atoms with van der Waals surface area (Å²) in [6.45, 7) is 6.38. The first-order valence-electron chi connectivity index (χ1n) is 10.4. The first-order valence-corrected chi connectivity index (χ1v) is 10.4. The van der Waals surface area contributed by atoms with Gasteiger partial charge in [0.05, 0.1) is 17.2 Å². The lowest BCUT2D eigenvalue weighted by Gasteiger charge is -2.13. The monoisotopic (exact) mass is 403 g/mol. The Bertz CT molecular complexity index is 1530. The first-order chi connectivity index (χ1) is 15.0. The first kappa shape index (κ1) is 19.1. The van der Waals surface area contributed by atoms with Crippen molar-refractivity contribution in [1.29, 1.82) is 5.26 Å². The lowest BCUT2D eigenvalue weighted by molar-refractivity contribution is -0.660. The van der Waals surface area contributed by atoms with Crippen LogP contribution in [0.15, 0.2) is 71.3 Å². The molecule has 3 heteroatoms. The number of fused-ring (bicyclic) bond motifs is 3. The molecule has 5 aromatic rings. The van der Waals surface area contributed by atoms with Gasteiger partial charge in [-0.2, -0.15) is 5.26 Å². The van der Waals surface area contributed by atoms with Crippen molar-refractivity contribution in [3.8, 4) is 28.5 Å². The number of nitriles is 1. The Labute approximate surface area is 181 Å². The summed E-state index contributed by atoms with van der Waals surface area (Å²) in [5, 5.41) is 11.7. The maximum Gasteiger partial charge on any atom is 0.216 e. The highest BCUT2D eigenvalue weighted by molar-refractivity contribution is 6.18. The predicted molar refractivity (Wildman–Crippen MR) is 125 cm³/mol. The van der Waals surface area contributed by atoms with Crippen LogP contribution in [-0.2, 0) is 7.05 Å². The molecule has 0 aliphatic carbocycles. The molecule has 31 heavy (non-hydrogen) atoms. The molecular weight excluding hydrogens is 380 g/mol. The lowest BCUT2D eigenvalue weighted by atomic mass is 9.89. The standard InChI is InChI=1S/C28H23N2O/c1-17-11-12-21(18(2)14-17)22-15-19(3)25(23-9-5-6-13-30(23)4)28-27(22)26-20(16-29)8-7-10-24(26)31-28/h5-15H,1-4H3/q+1. The number of hydrogen-bond acceptors (Lipinski definition) is 2. The average Bonchev–Trinajstić information content (AvgIpc) is 3.14. The molecule has 0 aliphatic rings. The van der Waals surface area contributed by atoms with Crippen LogP contribution in [0.2, 0.25) is 0 Å². The van der Waals surface area contributed by atoms with Crippen molar-refractivity contribution in [3.05, 3.63) is 89.1 Å². The molecule has 0 atom stereocenters. The maximum absolute atomic E-state index is 9.86. The highest BCUT2D eigenvalue weighted by atomic mass is 16.3. The number of pyridine rings is 1. The number of aryl methyl sites for hydroxylation is 4. The van der Waals surface area contributed by atoms with Gasteiger partial charge in [-0.05, 0) is 67.3 Å². The van der Waals surface area contributed by atoms with Gasteiger partial charge in [0.25, 0.3) is 0 Å². The zero-order valence-electron chi connectivity index (χ0n) is 18.2. The second kappa shape index (κ2) is 7.11. The minimum atomic E-state index is 0.634. The summed E-state index contributed by atoms with van der Waals surface area (Å²) in [6, 6.07) is 23.0. The topological polar surface area (TPSA) is 40.8 Å². The van der Waals surface area contributed by atoms with Gasteiger partial charge in [-0.1, -0.05) is 29.8 Å². The van der Waals surface area contributed by atoms with Crippen LogP contribution < -0.4 is 4.57 Å². The number of nitrogens with zero attached hydrogens (tertiary/aromatic N) is 2. The number of benzene rings is 3. The zero-order valence-corrected chi connectivity index (χ0v) is 18.2. The molecule has 0 bridgehead atoms. The third-order valence-electron chi connectivity index (χ3n) is 6.07. The molecule has 0 amide bonds. The molecule has 5 rings (SSSR count). The third-order valence-corrected chi connectivity index (χ3v) is 6.07. The Kier molecular flexibility index (Phi) is 4.38. The summed E-state index contributed by atoms with van der Waals surface area (Å²) >= 11 is 0. The van der Waals surface area contributed by atoms with Crippen molar-refractivity contribution in [1.82, 2.24) is 0 Å². The van der Waals surface area contributed by atoms with Gasteiger partial charge in [0.2, 0.25) is 5.69 Å². The largest absolute Gasteiger partial charge is 0.455 e. The second-order valence-corrected chi connectivity index (χ2v) is 8.23. The summed E-state index contributed by atoms with van der Waals surface area (Å²) < 4.78 is 8.59. The van der Waals surface area contributed by atoms with Gasteiger partial charge in [-0.15, -0.1) is 0 Å². The highest BCUT2D eigenvalue weighted by Gasteiger charge is 2.25. The average molecular weight is 404 g/mol. The van der Waals surface area contributed by atoms with Crippen molar-refractivity contribution in [3.63, 3.8) is 0 Å². The molecule has 150 valence electrons. The molecule has 0 unspecified atom stereocenters. The maximum atomic E-state index is 9.86. The lowest BCUT2D eigenvalue weighted by Crippen LogP contribution is -2.30. The van der Waals surface area contributed by atoms with Gasteiger partial charge in [0.15, 0.2) is 6.20 Å². The molecular formula is C28H23N2O+. The van der Waals surface area contributed by atoms with Crippen LogP contribution in [0.1, 0.15) is 22.3 Å². The quantitative estimate of drug-likeness (QED) is 0.314. The van der Waals surface area contributed by atoms with Gasteiger partial charge < -0.3 is 4.42 Å². The summed E-state index contributed by atoms with van der Waals surface area (Å²) in [4.78, 5) is 0. The summed E-state index contributed by atoms with van der Waals surface area (Å²) in [6.07, 6.45) is 2.04. The molecule has 0 aliphatic heterocycles. The van der Waals surface area contributed by atoms with Crippen molar-refractivity contribution in [2.24, 2.45) is 7.05 Å². The van der Waals surface area contributed by atoms with E-state index < -0.39 is 0 Å². The predicted octanol–water partition coefficient (Wildman–Crippen LogP) is 6.54. The molecule has 3 nitrogen and oxygen atoms in total. The molecule has 0 saturated heterocycles. The van der Waals surface area contributed by atoms with Crippen molar-refractivity contribution >= 4 is 21.9 Å². The minimum absolute atomic E-state index is 0.634. The fourth-order valence-electron chi connectivity index (χ4n) is 4.64. The van der Waals surface area contributed by atoms with Crippen LogP contribution in [-0.4, -0.2) is 0 Å². The SMILES string of the molecule is Cc1ccc(-c2cc(C)c(-c3cccc[n+]3C)c3oc4cccc(C#N)c4c23)c(C)c1. The van der Waals surface area contributed by atoms with Crippen molar-refractivity contribution < 1.29 is 8.98 Å². The number of rotatable bonds is 2. The van der Waals surface area contributed by atoms with Crippen molar-refractivity contribution in [2.45, 2.75) is 20.8 Å². The van der Waals surface area contributed by atoms with E-state index in [0.717, 1.165) is 49.9 Å². The van der Waals surface area contributed by atoms with E-state index in [0.29, 0.717) is 5.56 Å². The van der Waals surface area contributed by atoms with E-state index >= 15 is 0 Å². The van der Waals surface area contributed by atoms with Gasteiger partial charge in [0.1, 0.15) is 18.2 Å². The van der Waals surface area contributed by atoms with Gasteiger partial charge in [-0.3, -0.25) is 0 Å². The Morgan fingerprint density at radius 3 is 2.42 bits per heavy atom. The fourth-order valence-corrected chi connectivity index (χ4v) is 4.64. The van der Waals surface area contributed by atoms with Crippen LogP contribution in [0.3, 0.4) is 0 Å².